The van der Waals surface area contributed by atoms with Gasteiger partial charge in [-0.2, -0.15) is 0 Å². The number of hydrogen-bond donors (Lipinski definition) is 0. The highest BCUT2D eigenvalue weighted by Crippen LogP contribution is 2.20. The van der Waals surface area contributed by atoms with Crippen molar-refractivity contribution in [2.24, 2.45) is 0 Å². The minimum Gasteiger partial charge on any atom is -0.299 e. The maximum atomic E-state index is 11.8. The molecule has 1 unspecified atom stereocenters. The molecule has 3 nitrogen and oxygen atoms in total. The number of pyridine rings is 1. The molecule has 1 aromatic heterocycles. The molecule has 0 aromatic carbocycles. The van der Waals surface area contributed by atoms with Crippen LogP contribution in [0.1, 0.15) is 19.0 Å². The molecule has 84 valence electrons. The van der Waals surface area contributed by atoms with E-state index in [1.807, 2.05) is 31.3 Å². The van der Waals surface area contributed by atoms with E-state index >= 15 is 0 Å². The van der Waals surface area contributed by atoms with Gasteiger partial charge < -0.3 is 0 Å². The van der Waals surface area contributed by atoms with Crippen molar-refractivity contribution in [3.8, 4) is 0 Å². The first kappa shape index (κ1) is 11.0. The predicted octanol–water partition coefficient (Wildman–Crippen LogP) is 1.76. The fraction of sp³-hybridized carbons (Fsp3) is 0.385. The zero-order valence-electron chi connectivity index (χ0n) is 9.68. The van der Waals surface area contributed by atoms with E-state index in [0.717, 1.165) is 17.8 Å². The second-order valence-corrected chi connectivity index (χ2v) is 4.18. The van der Waals surface area contributed by atoms with E-state index < -0.39 is 0 Å². The molecule has 0 aliphatic carbocycles. The molecule has 1 atom stereocenters. The molecular weight excluding hydrogens is 200 g/mol. The quantitative estimate of drug-likeness (QED) is 0.671. The number of likely N-dealkylation sites (N-methyl/N-ethyl adjacent to an activating group) is 1. The Morgan fingerprint density at radius 2 is 2.31 bits per heavy atom. The van der Waals surface area contributed by atoms with E-state index in [4.69, 9.17) is 0 Å². The summed E-state index contributed by atoms with van der Waals surface area (Å²) in [6, 6.07) is 5.91. The molecule has 2 rings (SSSR count). The molecule has 1 fully saturated rings. The molecule has 0 amide bonds. The number of ketones is 1. The van der Waals surface area contributed by atoms with Crippen molar-refractivity contribution < 1.29 is 4.79 Å². The monoisotopic (exact) mass is 216 g/mol. The molecule has 3 heteroatoms. The Labute approximate surface area is 95.8 Å². The second-order valence-electron chi connectivity index (χ2n) is 4.18. The largest absolute Gasteiger partial charge is 0.299 e. The van der Waals surface area contributed by atoms with Crippen molar-refractivity contribution in [2.75, 3.05) is 13.6 Å². The van der Waals surface area contributed by atoms with Gasteiger partial charge in [0.25, 0.3) is 0 Å². The summed E-state index contributed by atoms with van der Waals surface area (Å²) in [7, 11) is 2.05. The van der Waals surface area contributed by atoms with Crippen LogP contribution in [0.2, 0.25) is 0 Å². The highest BCUT2D eigenvalue weighted by Gasteiger charge is 2.25. The molecule has 1 aliphatic heterocycles. The summed E-state index contributed by atoms with van der Waals surface area (Å²) in [4.78, 5) is 18.2. The lowest BCUT2D eigenvalue weighted by Crippen LogP contribution is -2.40. The highest BCUT2D eigenvalue weighted by molar-refractivity contribution is 6.01. The number of aromatic nitrogens is 1. The van der Waals surface area contributed by atoms with Crippen molar-refractivity contribution in [1.82, 2.24) is 9.88 Å². The standard InChI is InChI=1S/C13H16N2O/c1-10-12(13(16)6-8-15(10)2)9-11-5-3-4-7-14-11/h3-5,7,9-10H,6,8H2,1-2H3. The van der Waals surface area contributed by atoms with E-state index in [9.17, 15) is 4.79 Å². The molecule has 1 aliphatic rings. The third-order valence-corrected chi connectivity index (χ3v) is 3.12. The minimum absolute atomic E-state index is 0.184. The van der Waals surface area contributed by atoms with Gasteiger partial charge in [0, 0.05) is 30.8 Å². The average Bonchev–Trinajstić information content (AvgIpc) is 2.31. The number of rotatable bonds is 1. The lowest BCUT2D eigenvalue weighted by molar-refractivity contribution is -0.117. The third kappa shape index (κ3) is 2.19. The lowest BCUT2D eigenvalue weighted by Gasteiger charge is -2.31. The lowest BCUT2D eigenvalue weighted by atomic mass is 9.95. The van der Waals surface area contributed by atoms with Crippen molar-refractivity contribution in [3.63, 3.8) is 0 Å². The van der Waals surface area contributed by atoms with Gasteiger partial charge in [0.2, 0.25) is 0 Å². The van der Waals surface area contributed by atoms with Crippen LogP contribution in [0, 0.1) is 0 Å². The number of hydrogen-bond acceptors (Lipinski definition) is 3. The summed E-state index contributed by atoms with van der Waals surface area (Å²) in [6.45, 7) is 2.91. The maximum absolute atomic E-state index is 11.8. The molecule has 0 bridgehead atoms. The van der Waals surface area contributed by atoms with Gasteiger partial charge in [0.1, 0.15) is 0 Å². The van der Waals surface area contributed by atoms with Crippen LogP contribution in [0.4, 0.5) is 0 Å². The van der Waals surface area contributed by atoms with Crippen LogP contribution in [-0.4, -0.2) is 35.3 Å². The van der Waals surface area contributed by atoms with Crippen LogP contribution in [0.5, 0.6) is 0 Å². The van der Waals surface area contributed by atoms with E-state index in [1.165, 1.54) is 0 Å². The number of likely N-dealkylation sites (tertiary alicyclic amines) is 1. The molecule has 0 spiro atoms. The predicted molar refractivity (Wildman–Crippen MR) is 63.9 cm³/mol. The zero-order valence-corrected chi connectivity index (χ0v) is 9.68. The summed E-state index contributed by atoms with van der Waals surface area (Å²) in [5.74, 6) is 0.247. The summed E-state index contributed by atoms with van der Waals surface area (Å²) >= 11 is 0. The second kappa shape index (κ2) is 4.58. The number of carbonyl (C=O) groups excluding carboxylic acids is 1. The van der Waals surface area contributed by atoms with Gasteiger partial charge in [-0.1, -0.05) is 6.07 Å². The van der Waals surface area contributed by atoms with Crippen molar-refractivity contribution >= 4 is 11.9 Å². The Bertz CT molecular complexity index is 411. The van der Waals surface area contributed by atoms with Crippen LogP contribution in [0.15, 0.2) is 30.0 Å². The maximum Gasteiger partial charge on any atom is 0.161 e. The summed E-state index contributed by atoms with van der Waals surface area (Å²) in [6.07, 6.45) is 4.26. The normalized spacial score (nSPS) is 25.0. The minimum atomic E-state index is 0.184. The zero-order chi connectivity index (χ0) is 11.5. The average molecular weight is 216 g/mol. The molecule has 1 saturated heterocycles. The molecule has 2 heterocycles. The van der Waals surface area contributed by atoms with Gasteiger partial charge >= 0.3 is 0 Å². The van der Waals surface area contributed by atoms with E-state index in [0.29, 0.717) is 6.42 Å². The van der Waals surface area contributed by atoms with Crippen molar-refractivity contribution in [1.29, 1.82) is 0 Å². The first-order valence-electron chi connectivity index (χ1n) is 5.54. The van der Waals surface area contributed by atoms with Gasteiger partial charge in [-0.25, -0.2) is 0 Å². The molecule has 0 radical (unpaired) electrons. The van der Waals surface area contributed by atoms with Crippen molar-refractivity contribution in [2.45, 2.75) is 19.4 Å². The highest BCUT2D eigenvalue weighted by atomic mass is 16.1. The van der Waals surface area contributed by atoms with Crippen LogP contribution < -0.4 is 0 Å². The Balaban J connectivity index is 2.30. The first-order chi connectivity index (χ1) is 7.68. The Morgan fingerprint density at radius 1 is 1.50 bits per heavy atom. The van der Waals surface area contributed by atoms with Crippen LogP contribution in [-0.2, 0) is 4.79 Å². The van der Waals surface area contributed by atoms with Crippen molar-refractivity contribution in [3.05, 3.63) is 35.7 Å². The molecule has 0 N–H and O–H groups in total. The molecule has 0 saturated carbocycles. The van der Waals surface area contributed by atoms with Crippen LogP contribution >= 0.6 is 0 Å². The van der Waals surface area contributed by atoms with Crippen LogP contribution in [0.3, 0.4) is 0 Å². The first-order valence-corrected chi connectivity index (χ1v) is 5.54. The summed E-state index contributed by atoms with van der Waals surface area (Å²) in [5, 5.41) is 0. The fourth-order valence-corrected chi connectivity index (χ4v) is 1.91. The van der Waals surface area contributed by atoms with Gasteiger partial charge in [-0.3, -0.25) is 14.7 Å². The van der Waals surface area contributed by atoms with Gasteiger partial charge in [0.05, 0.1) is 5.69 Å². The Hall–Kier alpha value is -1.48. The summed E-state index contributed by atoms with van der Waals surface area (Å²) in [5.41, 5.74) is 1.72. The number of Topliss-reactive ketones (excluding diaryl/α,β-unsaturated/α-hetero) is 1. The Kier molecular flexibility index (Phi) is 3.15. The van der Waals surface area contributed by atoms with Crippen LogP contribution in [0.25, 0.3) is 6.08 Å². The van der Waals surface area contributed by atoms with Gasteiger partial charge in [-0.05, 0) is 32.2 Å². The van der Waals surface area contributed by atoms with E-state index in [-0.39, 0.29) is 11.8 Å². The molecule has 1 aromatic rings. The molecular formula is C13H16N2O. The summed E-state index contributed by atoms with van der Waals surface area (Å²) < 4.78 is 0. The topological polar surface area (TPSA) is 33.2 Å². The van der Waals surface area contributed by atoms with Gasteiger partial charge in [-0.15, -0.1) is 0 Å². The van der Waals surface area contributed by atoms with Gasteiger partial charge in [0.15, 0.2) is 5.78 Å². The van der Waals surface area contributed by atoms with E-state index in [1.54, 1.807) is 6.20 Å². The number of piperidine rings is 1. The Morgan fingerprint density at radius 3 is 3.00 bits per heavy atom. The number of nitrogens with zero attached hydrogens (tertiary/aromatic N) is 2. The SMILES string of the molecule is CC1C(=Cc2ccccn2)C(=O)CCN1C. The third-order valence-electron chi connectivity index (χ3n) is 3.12. The smallest absolute Gasteiger partial charge is 0.161 e. The number of carbonyl (C=O) groups is 1. The molecule has 16 heavy (non-hydrogen) atoms. The fourth-order valence-electron chi connectivity index (χ4n) is 1.91. The van der Waals surface area contributed by atoms with E-state index in [2.05, 4.69) is 16.8 Å².